The van der Waals surface area contributed by atoms with Gasteiger partial charge in [-0.15, -0.1) is 0 Å². The molecule has 13 nitrogen and oxygen atoms in total. The summed E-state index contributed by atoms with van der Waals surface area (Å²) in [6.07, 6.45) is 0.299. The summed E-state index contributed by atoms with van der Waals surface area (Å²) in [6, 6.07) is 0. The topological polar surface area (TPSA) is 178 Å². The van der Waals surface area contributed by atoms with E-state index in [9.17, 15) is 33.9 Å². The van der Waals surface area contributed by atoms with Crippen molar-refractivity contribution in [3.63, 3.8) is 0 Å². The molecule has 1 saturated heterocycles. The van der Waals surface area contributed by atoms with Gasteiger partial charge in [0.2, 0.25) is 11.2 Å². The van der Waals surface area contributed by atoms with Crippen molar-refractivity contribution in [3.8, 4) is 0 Å². The Bertz CT molecular complexity index is 1410. The molecule has 0 bridgehead atoms. The molecule has 1 aliphatic heterocycles. The van der Waals surface area contributed by atoms with Crippen molar-refractivity contribution in [2.75, 3.05) is 0 Å². The van der Waals surface area contributed by atoms with E-state index in [0.717, 1.165) is 32.6 Å². The van der Waals surface area contributed by atoms with Crippen LogP contribution in [0.2, 0.25) is 0 Å². The third-order valence-electron chi connectivity index (χ3n) is 10.2. The number of hydrogen-bond acceptors (Lipinski definition) is 13. The Hall–Kier alpha value is -3.74. The highest BCUT2D eigenvalue weighted by molar-refractivity contribution is 5.88. The van der Waals surface area contributed by atoms with Crippen LogP contribution in [0, 0.1) is 5.92 Å². The van der Waals surface area contributed by atoms with E-state index >= 15 is 0 Å². The molecule has 286 valence electrons. The Kier molecular flexibility index (Phi) is 14.0. The Balaban J connectivity index is 2.36. The van der Waals surface area contributed by atoms with Crippen LogP contribution in [0.25, 0.3) is 0 Å². The number of fused-ring (bicyclic) bond motifs is 3. The van der Waals surface area contributed by atoms with Crippen LogP contribution in [0.5, 0.6) is 0 Å². The fourth-order valence-electron chi connectivity index (χ4n) is 7.54. The number of esters is 6. The van der Waals surface area contributed by atoms with Gasteiger partial charge in [0.05, 0.1) is 5.92 Å². The first-order valence-electron chi connectivity index (χ1n) is 18.2. The number of aliphatic hydroxyl groups is 1. The number of allylic oxidation sites excluding steroid dienone is 1. The first kappa shape index (κ1) is 41.7. The van der Waals surface area contributed by atoms with Gasteiger partial charge in [-0.3, -0.25) is 19.2 Å². The average molecular weight is 721 g/mol. The van der Waals surface area contributed by atoms with Gasteiger partial charge < -0.3 is 33.5 Å². The predicted molar refractivity (Wildman–Crippen MR) is 183 cm³/mol. The molecule has 0 unspecified atom stereocenters. The smallest absolute Gasteiger partial charge is 0.343 e. The van der Waals surface area contributed by atoms with Gasteiger partial charge in [-0.25, -0.2) is 9.59 Å². The maximum atomic E-state index is 13.7. The SMILES string of the molecule is CC=C(C)C(=O)O[C@H]1C(C)=C2[C@H]([C@@H]1OC(=O)CCCCCCC)[C@@](C)(OC(C)=O)C[C@H](OC(=O)CCC)[C@@]1(OC(=O)CCC)[C@H]2OC(=O)[C@@]1(C)O. The molecule has 0 aromatic rings. The molecule has 8 atom stereocenters. The van der Waals surface area contributed by atoms with Crippen molar-refractivity contribution in [3.05, 3.63) is 22.8 Å². The molecular formula is C38H56O13. The molecule has 0 aromatic heterocycles. The molecule has 0 radical (unpaired) electrons. The molecule has 2 fully saturated rings. The van der Waals surface area contributed by atoms with Crippen molar-refractivity contribution >= 4 is 35.8 Å². The highest BCUT2D eigenvalue weighted by Gasteiger charge is 2.78. The molecule has 13 heteroatoms. The molecule has 3 rings (SSSR count). The van der Waals surface area contributed by atoms with Gasteiger partial charge in [0.15, 0.2) is 24.4 Å². The summed E-state index contributed by atoms with van der Waals surface area (Å²) >= 11 is 0. The van der Waals surface area contributed by atoms with Crippen LogP contribution in [0.15, 0.2) is 22.8 Å². The van der Waals surface area contributed by atoms with E-state index in [1.54, 1.807) is 47.6 Å². The number of ether oxygens (including phenoxy) is 6. The van der Waals surface area contributed by atoms with Crippen LogP contribution in [0.4, 0.5) is 0 Å². The van der Waals surface area contributed by atoms with Gasteiger partial charge in [-0.1, -0.05) is 52.5 Å². The Morgan fingerprint density at radius 3 is 2.04 bits per heavy atom. The molecule has 1 saturated carbocycles. The monoisotopic (exact) mass is 720 g/mol. The molecular weight excluding hydrogens is 664 g/mol. The number of carbonyl (C=O) groups excluding carboxylic acids is 6. The highest BCUT2D eigenvalue weighted by atomic mass is 16.7. The van der Waals surface area contributed by atoms with Gasteiger partial charge in [0.1, 0.15) is 5.60 Å². The molecule has 0 amide bonds. The second-order valence-electron chi connectivity index (χ2n) is 14.2. The van der Waals surface area contributed by atoms with E-state index in [0.29, 0.717) is 19.3 Å². The standard InChI is InChI=1S/C38H56O13/c1-10-14-15-16-17-20-27(41)47-32-30-29(23(6)31(32)48-34(43)22(5)13-4)33-38(51-28(42)19-12-3,37(9,45)35(44)49-33)25(46-26(40)18-11-2)21-36(30,8)50-24(7)39/h13,25,30-33,45H,10-12,14-21H2,1-9H3/t25-,30+,31-,32-,33-,36-,37+,38+/m0/s1. The quantitative estimate of drug-likeness (QED) is 0.0717. The lowest BCUT2D eigenvalue weighted by Gasteiger charge is -2.44. The molecule has 51 heavy (non-hydrogen) atoms. The minimum absolute atomic E-state index is 0.0483. The first-order chi connectivity index (χ1) is 23.9. The van der Waals surface area contributed by atoms with Crippen molar-refractivity contribution in [2.45, 2.75) is 174 Å². The molecule has 1 N–H and O–H groups in total. The minimum Gasteiger partial charge on any atom is -0.459 e. The molecule has 1 heterocycles. The number of hydrogen-bond donors (Lipinski definition) is 1. The third-order valence-corrected chi connectivity index (χ3v) is 10.2. The number of rotatable bonds is 16. The van der Waals surface area contributed by atoms with Gasteiger partial charge >= 0.3 is 35.8 Å². The highest BCUT2D eigenvalue weighted by Crippen LogP contribution is 2.59. The Morgan fingerprint density at radius 1 is 0.843 bits per heavy atom. The second kappa shape index (κ2) is 17.2. The second-order valence-corrected chi connectivity index (χ2v) is 14.2. The van der Waals surface area contributed by atoms with Crippen LogP contribution in [0.1, 0.15) is 133 Å². The average Bonchev–Trinajstić information content (AvgIpc) is 3.38. The largest absolute Gasteiger partial charge is 0.459 e. The third kappa shape index (κ3) is 8.50. The molecule has 2 aliphatic carbocycles. The van der Waals surface area contributed by atoms with Crippen molar-refractivity contribution in [1.82, 2.24) is 0 Å². The maximum Gasteiger partial charge on any atom is 0.343 e. The fourth-order valence-corrected chi connectivity index (χ4v) is 7.54. The summed E-state index contributed by atoms with van der Waals surface area (Å²) in [5, 5.41) is 12.1. The van der Waals surface area contributed by atoms with Gasteiger partial charge in [-0.05, 0) is 65.0 Å². The summed E-state index contributed by atoms with van der Waals surface area (Å²) in [6.45, 7) is 14.2. The molecule has 0 spiro atoms. The van der Waals surface area contributed by atoms with E-state index < -0.39 is 89.4 Å². The van der Waals surface area contributed by atoms with Crippen molar-refractivity contribution in [2.24, 2.45) is 5.92 Å². The van der Waals surface area contributed by atoms with Crippen LogP contribution >= 0.6 is 0 Å². The first-order valence-corrected chi connectivity index (χ1v) is 18.2. The van der Waals surface area contributed by atoms with Crippen LogP contribution in [0.3, 0.4) is 0 Å². The zero-order valence-electron chi connectivity index (χ0n) is 31.6. The minimum atomic E-state index is -2.58. The van der Waals surface area contributed by atoms with E-state index in [2.05, 4.69) is 6.92 Å². The number of carbonyl (C=O) groups is 6. The van der Waals surface area contributed by atoms with Gasteiger partial charge in [-0.2, -0.15) is 0 Å². The van der Waals surface area contributed by atoms with Gasteiger partial charge in [0.25, 0.3) is 0 Å². The Morgan fingerprint density at radius 2 is 1.45 bits per heavy atom. The molecule has 0 aromatic carbocycles. The van der Waals surface area contributed by atoms with Crippen LogP contribution < -0.4 is 0 Å². The van der Waals surface area contributed by atoms with E-state index in [1.807, 2.05) is 0 Å². The van der Waals surface area contributed by atoms with Gasteiger partial charge in [0, 0.05) is 38.2 Å². The fraction of sp³-hybridized carbons (Fsp3) is 0.737. The lowest BCUT2D eigenvalue weighted by Crippen LogP contribution is -2.66. The Labute approximate surface area is 300 Å². The lowest BCUT2D eigenvalue weighted by atomic mass is 9.75. The van der Waals surface area contributed by atoms with Crippen molar-refractivity contribution < 1.29 is 62.3 Å². The summed E-state index contributed by atoms with van der Waals surface area (Å²) in [5.41, 5.74) is -6.01. The maximum absolute atomic E-state index is 13.7. The predicted octanol–water partition coefficient (Wildman–Crippen LogP) is 5.28. The van der Waals surface area contributed by atoms with Crippen LogP contribution in [-0.2, 0) is 57.2 Å². The van der Waals surface area contributed by atoms with E-state index in [4.69, 9.17) is 28.4 Å². The van der Waals surface area contributed by atoms with E-state index in [-0.39, 0.29) is 36.0 Å². The summed E-state index contributed by atoms with van der Waals surface area (Å²) in [5.74, 6) is -5.91. The zero-order chi connectivity index (χ0) is 38.3. The number of unbranched alkanes of at least 4 members (excludes halogenated alkanes) is 4. The summed E-state index contributed by atoms with van der Waals surface area (Å²) in [4.78, 5) is 80.0. The lowest BCUT2D eigenvalue weighted by molar-refractivity contribution is -0.229. The summed E-state index contributed by atoms with van der Waals surface area (Å²) in [7, 11) is 0. The van der Waals surface area contributed by atoms with Crippen LogP contribution in [-0.4, -0.2) is 82.1 Å². The van der Waals surface area contributed by atoms with E-state index in [1.165, 1.54) is 6.92 Å². The summed E-state index contributed by atoms with van der Waals surface area (Å²) < 4.78 is 36.2. The molecule has 3 aliphatic rings. The zero-order valence-corrected chi connectivity index (χ0v) is 31.6. The van der Waals surface area contributed by atoms with Crippen molar-refractivity contribution in [1.29, 1.82) is 0 Å². The normalized spacial score (nSPS) is 31.5.